The van der Waals surface area contributed by atoms with Crippen molar-refractivity contribution in [3.05, 3.63) is 58.3 Å². The molecule has 0 unspecified atom stereocenters. The topological polar surface area (TPSA) is 42.4 Å². The van der Waals surface area contributed by atoms with Crippen LogP contribution in [-0.4, -0.2) is 16.7 Å². The monoisotopic (exact) mass is 307 g/mol. The molecule has 2 aromatic rings. The normalized spacial score (nSPS) is 10.3. The van der Waals surface area contributed by atoms with Crippen LogP contribution in [0.15, 0.2) is 47.1 Å². The second-order valence-electron chi connectivity index (χ2n) is 3.83. The molecule has 0 fully saturated rings. The average Bonchev–Trinajstić information content (AvgIpc) is 2.41. The van der Waals surface area contributed by atoms with Crippen molar-refractivity contribution in [1.29, 1.82) is 0 Å². The SMILES string of the molecule is OCc1cc(Br)ccc1OCCc1ccccn1. The number of aliphatic hydroxyl groups excluding tert-OH is 1. The minimum atomic E-state index is -0.0294. The maximum Gasteiger partial charge on any atom is 0.124 e. The first kappa shape index (κ1) is 13.1. The van der Waals surface area contributed by atoms with Crippen molar-refractivity contribution in [2.45, 2.75) is 13.0 Å². The predicted molar refractivity (Wildman–Crippen MR) is 73.5 cm³/mol. The van der Waals surface area contributed by atoms with Gasteiger partial charge in [0.2, 0.25) is 0 Å². The predicted octanol–water partition coefficient (Wildman–Crippen LogP) is 2.96. The van der Waals surface area contributed by atoms with Crippen molar-refractivity contribution in [3.63, 3.8) is 0 Å². The van der Waals surface area contributed by atoms with Crippen LogP contribution in [-0.2, 0) is 13.0 Å². The van der Waals surface area contributed by atoms with Gasteiger partial charge >= 0.3 is 0 Å². The lowest BCUT2D eigenvalue weighted by Crippen LogP contribution is -2.04. The van der Waals surface area contributed by atoms with E-state index in [9.17, 15) is 5.11 Å². The van der Waals surface area contributed by atoms with E-state index in [2.05, 4.69) is 20.9 Å². The van der Waals surface area contributed by atoms with E-state index < -0.39 is 0 Å². The Balaban J connectivity index is 1.94. The van der Waals surface area contributed by atoms with Crippen LogP contribution in [0.5, 0.6) is 5.75 Å². The Kier molecular flexibility index (Phi) is 4.73. The Labute approximate surface area is 115 Å². The molecule has 94 valence electrons. The summed E-state index contributed by atoms with van der Waals surface area (Å²) in [6, 6.07) is 11.4. The second kappa shape index (κ2) is 6.52. The summed E-state index contributed by atoms with van der Waals surface area (Å²) in [5.41, 5.74) is 1.78. The molecule has 1 N–H and O–H groups in total. The van der Waals surface area contributed by atoms with E-state index in [1.165, 1.54) is 0 Å². The number of nitrogens with zero attached hydrogens (tertiary/aromatic N) is 1. The Hall–Kier alpha value is -1.39. The molecule has 0 saturated carbocycles. The molecule has 0 amide bonds. The molecular weight excluding hydrogens is 294 g/mol. The maximum atomic E-state index is 9.25. The highest BCUT2D eigenvalue weighted by Gasteiger charge is 2.03. The van der Waals surface area contributed by atoms with Crippen molar-refractivity contribution in [2.75, 3.05) is 6.61 Å². The number of aliphatic hydroxyl groups is 1. The zero-order chi connectivity index (χ0) is 12.8. The molecule has 3 nitrogen and oxygen atoms in total. The van der Waals surface area contributed by atoms with E-state index in [0.717, 1.165) is 27.9 Å². The summed E-state index contributed by atoms with van der Waals surface area (Å²) < 4.78 is 6.60. The van der Waals surface area contributed by atoms with E-state index in [0.29, 0.717) is 6.61 Å². The maximum absolute atomic E-state index is 9.25. The fourth-order valence-electron chi connectivity index (χ4n) is 1.62. The van der Waals surface area contributed by atoms with Crippen molar-refractivity contribution in [1.82, 2.24) is 4.98 Å². The molecule has 1 heterocycles. The molecule has 0 spiro atoms. The summed E-state index contributed by atoms with van der Waals surface area (Å²) in [6.45, 7) is 0.518. The molecule has 0 aliphatic heterocycles. The number of benzene rings is 1. The Morgan fingerprint density at radius 3 is 2.83 bits per heavy atom. The zero-order valence-electron chi connectivity index (χ0n) is 9.84. The quantitative estimate of drug-likeness (QED) is 0.923. The molecule has 0 saturated heterocycles. The van der Waals surface area contributed by atoms with Gasteiger partial charge in [-0.25, -0.2) is 0 Å². The second-order valence-corrected chi connectivity index (χ2v) is 4.75. The standard InChI is InChI=1S/C14H14BrNO2/c15-12-4-5-14(11(9-12)10-17)18-8-6-13-3-1-2-7-16-13/h1-5,7,9,17H,6,8,10H2. The summed E-state index contributed by atoms with van der Waals surface area (Å²) in [6.07, 6.45) is 2.52. The molecule has 1 aromatic carbocycles. The highest BCUT2D eigenvalue weighted by atomic mass is 79.9. The molecule has 0 radical (unpaired) electrons. The molecule has 4 heteroatoms. The number of halogens is 1. The van der Waals surface area contributed by atoms with Crippen LogP contribution in [0.25, 0.3) is 0 Å². The van der Waals surface area contributed by atoms with Gasteiger partial charge in [0.05, 0.1) is 13.2 Å². The van der Waals surface area contributed by atoms with Crippen molar-refractivity contribution in [2.24, 2.45) is 0 Å². The van der Waals surface area contributed by atoms with Gasteiger partial charge in [0.25, 0.3) is 0 Å². The highest BCUT2D eigenvalue weighted by molar-refractivity contribution is 9.10. The average molecular weight is 308 g/mol. The smallest absolute Gasteiger partial charge is 0.124 e. The molecule has 0 aliphatic carbocycles. The summed E-state index contributed by atoms with van der Waals surface area (Å²) >= 11 is 3.37. The number of hydrogen-bond donors (Lipinski definition) is 1. The van der Waals surface area contributed by atoms with Crippen LogP contribution in [0.1, 0.15) is 11.3 Å². The summed E-state index contributed by atoms with van der Waals surface area (Å²) in [7, 11) is 0. The van der Waals surface area contributed by atoms with Crippen LogP contribution in [0.3, 0.4) is 0 Å². The number of ether oxygens (including phenoxy) is 1. The van der Waals surface area contributed by atoms with Gasteiger partial charge in [0, 0.05) is 28.3 Å². The third-order valence-corrected chi connectivity index (χ3v) is 3.03. The Morgan fingerprint density at radius 1 is 1.22 bits per heavy atom. The van der Waals surface area contributed by atoms with Crippen LogP contribution >= 0.6 is 15.9 Å². The van der Waals surface area contributed by atoms with Gasteiger partial charge in [-0.05, 0) is 30.3 Å². The zero-order valence-corrected chi connectivity index (χ0v) is 11.4. The third-order valence-electron chi connectivity index (χ3n) is 2.53. The first-order valence-corrected chi connectivity index (χ1v) is 6.51. The van der Waals surface area contributed by atoms with E-state index in [4.69, 9.17) is 4.74 Å². The number of aromatic nitrogens is 1. The van der Waals surface area contributed by atoms with Gasteiger partial charge in [-0.2, -0.15) is 0 Å². The summed E-state index contributed by atoms with van der Waals surface area (Å²) in [5, 5.41) is 9.25. The molecule has 18 heavy (non-hydrogen) atoms. The number of rotatable bonds is 5. The van der Waals surface area contributed by atoms with E-state index >= 15 is 0 Å². The van der Waals surface area contributed by atoms with E-state index in [-0.39, 0.29) is 6.61 Å². The minimum absolute atomic E-state index is 0.0294. The molecular formula is C14H14BrNO2. The van der Waals surface area contributed by atoms with Crippen molar-refractivity contribution >= 4 is 15.9 Å². The van der Waals surface area contributed by atoms with Gasteiger partial charge in [-0.3, -0.25) is 4.98 Å². The van der Waals surface area contributed by atoms with Gasteiger partial charge in [0.15, 0.2) is 0 Å². The van der Waals surface area contributed by atoms with Crippen LogP contribution < -0.4 is 4.74 Å². The van der Waals surface area contributed by atoms with E-state index in [1.54, 1.807) is 6.20 Å². The largest absolute Gasteiger partial charge is 0.493 e. The van der Waals surface area contributed by atoms with Crippen LogP contribution in [0, 0.1) is 0 Å². The lowest BCUT2D eigenvalue weighted by Gasteiger charge is -2.10. The lowest BCUT2D eigenvalue weighted by molar-refractivity contribution is 0.263. The number of pyridine rings is 1. The van der Waals surface area contributed by atoms with E-state index in [1.807, 2.05) is 36.4 Å². The number of hydrogen-bond acceptors (Lipinski definition) is 3. The first-order chi connectivity index (χ1) is 8.79. The van der Waals surface area contributed by atoms with Gasteiger partial charge in [-0.15, -0.1) is 0 Å². The van der Waals surface area contributed by atoms with Gasteiger partial charge < -0.3 is 9.84 Å². The highest BCUT2D eigenvalue weighted by Crippen LogP contribution is 2.23. The fourth-order valence-corrected chi connectivity index (χ4v) is 2.03. The van der Waals surface area contributed by atoms with Crippen molar-refractivity contribution < 1.29 is 9.84 Å². The Morgan fingerprint density at radius 2 is 2.11 bits per heavy atom. The molecule has 0 aliphatic rings. The first-order valence-electron chi connectivity index (χ1n) is 5.71. The van der Waals surface area contributed by atoms with Crippen molar-refractivity contribution in [3.8, 4) is 5.75 Å². The fraction of sp³-hybridized carbons (Fsp3) is 0.214. The van der Waals surface area contributed by atoms with Crippen LogP contribution in [0.2, 0.25) is 0 Å². The lowest BCUT2D eigenvalue weighted by atomic mass is 10.2. The molecule has 2 rings (SSSR count). The molecule has 1 aromatic heterocycles. The third kappa shape index (κ3) is 3.55. The molecule has 0 bridgehead atoms. The summed E-state index contributed by atoms with van der Waals surface area (Å²) in [5.74, 6) is 0.719. The molecule has 0 atom stereocenters. The Bertz CT molecular complexity index is 502. The van der Waals surface area contributed by atoms with Crippen LogP contribution in [0.4, 0.5) is 0 Å². The van der Waals surface area contributed by atoms with Gasteiger partial charge in [0.1, 0.15) is 5.75 Å². The minimum Gasteiger partial charge on any atom is -0.493 e. The summed E-state index contributed by atoms with van der Waals surface area (Å²) in [4.78, 5) is 4.23. The van der Waals surface area contributed by atoms with Gasteiger partial charge in [-0.1, -0.05) is 22.0 Å².